The molecule has 0 radical (unpaired) electrons. The Morgan fingerprint density at radius 2 is 2.00 bits per heavy atom. The number of Topliss-reactive ketones (excluding diaryl/α,β-unsaturated/α-hetero) is 1. The van der Waals surface area contributed by atoms with Gasteiger partial charge in [-0.3, -0.25) is 4.79 Å². The summed E-state index contributed by atoms with van der Waals surface area (Å²) >= 11 is 0. The number of aryl methyl sites for hydroxylation is 1. The third kappa shape index (κ3) is 6.26. The Balaban J connectivity index is 0.000000251. The Labute approximate surface area is 149 Å². The van der Waals surface area contributed by atoms with E-state index in [1.54, 1.807) is 19.2 Å². The van der Waals surface area contributed by atoms with Crippen molar-refractivity contribution in [2.75, 3.05) is 5.73 Å². The van der Waals surface area contributed by atoms with E-state index in [-0.39, 0.29) is 17.2 Å². The predicted molar refractivity (Wildman–Crippen MR) is 98.2 cm³/mol. The summed E-state index contributed by atoms with van der Waals surface area (Å²) in [6.07, 6.45) is 3.09. The van der Waals surface area contributed by atoms with Crippen LogP contribution in [0.5, 0.6) is 0 Å². The number of aromatic nitrogens is 3. The molecule has 2 rings (SSSR count). The maximum absolute atomic E-state index is 11.3. The van der Waals surface area contributed by atoms with Gasteiger partial charge in [-0.05, 0) is 20.3 Å². The molecule has 1 atom stereocenters. The summed E-state index contributed by atoms with van der Waals surface area (Å²) in [5.41, 5.74) is 12.5. The Morgan fingerprint density at radius 1 is 1.36 bits per heavy atom. The first-order valence-electron chi connectivity index (χ1n) is 8.41. The quantitative estimate of drug-likeness (QED) is 0.813. The van der Waals surface area contributed by atoms with Crippen molar-refractivity contribution in [2.24, 2.45) is 5.73 Å². The highest BCUT2D eigenvalue weighted by Gasteiger charge is 2.17. The van der Waals surface area contributed by atoms with Gasteiger partial charge in [-0.25, -0.2) is 9.97 Å². The highest BCUT2D eigenvalue weighted by atomic mass is 16.5. The van der Waals surface area contributed by atoms with Crippen molar-refractivity contribution in [2.45, 2.75) is 65.8 Å². The molecular weight excluding hydrogens is 318 g/mol. The number of nitrogen functional groups attached to an aromatic ring is 1. The Hall–Kier alpha value is -2.28. The van der Waals surface area contributed by atoms with E-state index in [1.807, 2.05) is 13.8 Å². The van der Waals surface area contributed by atoms with E-state index in [2.05, 4.69) is 35.9 Å². The molecule has 0 aliphatic carbocycles. The largest absolute Gasteiger partial charge is 0.383 e. The number of carbonyl (C=O) groups excluding carboxylic acids is 1. The Bertz CT molecular complexity index is 702. The first-order chi connectivity index (χ1) is 11.6. The number of hydrogen-bond acceptors (Lipinski definition) is 7. The van der Waals surface area contributed by atoms with Crippen molar-refractivity contribution in [1.29, 1.82) is 0 Å². The highest BCUT2D eigenvalue weighted by Crippen LogP contribution is 2.19. The molecule has 0 fully saturated rings. The zero-order valence-corrected chi connectivity index (χ0v) is 16.0. The summed E-state index contributed by atoms with van der Waals surface area (Å²) in [5.74, 6) is 1.94. The van der Waals surface area contributed by atoms with Crippen LogP contribution in [0.1, 0.15) is 81.1 Å². The van der Waals surface area contributed by atoms with Gasteiger partial charge in [0, 0.05) is 29.7 Å². The van der Waals surface area contributed by atoms with Crippen LogP contribution in [0, 0.1) is 6.92 Å². The van der Waals surface area contributed by atoms with Crippen LogP contribution in [-0.4, -0.2) is 20.9 Å². The fourth-order valence-electron chi connectivity index (χ4n) is 1.81. The lowest BCUT2D eigenvalue weighted by molar-refractivity contribution is 0.0973. The lowest BCUT2D eigenvalue weighted by atomic mass is 9.96. The molecular formula is C18H29N5O2. The van der Waals surface area contributed by atoms with E-state index in [0.29, 0.717) is 23.7 Å². The molecule has 0 aliphatic heterocycles. The fourth-order valence-corrected chi connectivity index (χ4v) is 1.81. The first kappa shape index (κ1) is 20.8. The highest BCUT2D eigenvalue weighted by molar-refractivity contribution is 5.94. The normalized spacial score (nSPS) is 12.3. The molecule has 7 heteroatoms. The second kappa shape index (κ2) is 8.71. The number of anilines is 1. The van der Waals surface area contributed by atoms with E-state index in [9.17, 15) is 4.79 Å². The standard InChI is InChI=1S/C9H15N3.C9H14N2O2/c1-6-5-11-8(9(2,3)4)12-7(6)10;1-3-4-8(12)7-5-9(6(2)10)13-11-7/h5H,1-4H3,(H2,10,11,12);5-6H,3-4,10H2,1-2H3. The maximum atomic E-state index is 11.3. The van der Waals surface area contributed by atoms with Crippen LogP contribution in [0.15, 0.2) is 16.8 Å². The molecule has 0 amide bonds. The lowest BCUT2D eigenvalue weighted by Crippen LogP contribution is -2.17. The molecule has 0 aliphatic rings. The smallest absolute Gasteiger partial charge is 0.184 e. The Morgan fingerprint density at radius 3 is 2.44 bits per heavy atom. The van der Waals surface area contributed by atoms with Gasteiger partial charge in [-0.2, -0.15) is 0 Å². The zero-order valence-electron chi connectivity index (χ0n) is 16.0. The molecule has 4 N–H and O–H groups in total. The van der Waals surface area contributed by atoms with Gasteiger partial charge in [0.05, 0.1) is 6.04 Å². The van der Waals surface area contributed by atoms with Gasteiger partial charge in [-0.15, -0.1) is 0 Å². The van der Waals surface area contributed by atoms with Crippen LogP contribution >= 0.6 is 0 Å². The van der Waals surface area contributed by atoms with Gasteiger partial charge in [-0.1, -0.05) is 32.9 Å². The van der Waals surface area contributed by atoms with Crippen molar-refractivity contribution in [1.82, 2.24) is 15.1 Å². The van der Waals surface area contributed by atoms with E-state index in [1.165, 1.54) is 0 Å². The van der Waals surface area contributed by atoms with Gasteiger partial charge in [0.15, 0.2) is 11.5 Å². The monoisotopic (exact) mass is 347 g/mol. The topological polar surface area (TPSA) is 121 Å². The minimum Gasteiger partial charge on any atom is -0.383 e. The molecule has 25 heavy (non-hydrogen) atoms. The molecule has 0 saturated carbocycles. The summed E-state index contributed by atoms with van der Waals surface area (Å²) in [7, 11) is 0. The number of hydrogen-bond donors (Lipinski definition) is 2. The summed E-state index contributed by atoms with van der Waals surface area (Å²) in [4.78, 5) is 19.7. The van der Waals surface area contributed by atoms with Crippen molar-refractivity contribution in [3.63, 3.8) is 0 Å². The summed E-state index contributed by atoms with van der Waals surface area (Å²) in [6.45, 7) is 11.8. The average Bonchev–Trinajstić information content (AvgIpc) is 3.00. The van der Waals surface area contributed by atoms with Crippen LogP contribution in [0.2, 0.25) is 0 Å². The first-order valence-corrected chi connectivity index (χ1v) is 8.41. The van der Waals surface area contributed by atoms with Crippen LogP contribution in [0.25, 0.3) is 0 Å². The summed E-state index contributed by atoms with van der Waals surface area (Å²) in [6, 6.07) is 1.40. The number of rotatable bonds is 4. The van der Waals surface area contributed by atoms with E-state index in [0.717, 1.165) is 17.8 Å². The fraction of sp³-hybridized carbons (Fsp3) is 0.556. The van der Waals surface area contributed by atoms with Crippen molar-refractivity contribution in [3.8, 4) is 0 Å². The summed E-state index contributed by atoms with van der Waals surface area (Å²) in [5, 5.41) is 3.65. The molecule has 7 nitrogen and oxygen atoms in total. The van der Waals surface area contributed by atoms with Crippen LogP contribution in [0.4, 0.5) is 5.82 Å². The van der Waals surface area contributed by atoms with E-state index < -0.39 is 0 Å². The minimum atomic E-state index is -0.212. The van der Waals surface area contributed by atoms with E-state index >= 15 is 0 Å². The molecule has 2 aromatic rings. The van der Waals surface area contributed by atoms with Crippen LogP contribution in [-0.2, 0) is 5.41 Å². The Kier molecular flexibility index (Phi) is 7.23. The van der Waals surface area contributed by atoms with Crippen molar-refractivity contribution in [3.05, 3.63) is 35.1 Å². The summed E-state index contributed by atoms with van der Waals surface area (Å²) < 4.78 is 4.90. The molecule has 0 bridgehead atoms. The third-order valence-electron chi connectivity index (χ3n) is 3.42. The van der Waals surface area contributed by atoms with Crippen LogP contribution < -0.4 is 11.5 Å². The maximum Gasteiger partial charge on any atom is 0.184 e. The van der Waals surface area contributed by atoms with Gasteiger partial charge >= 0.3 is 0 Å². The number of ketones is 1. The second-order valence-corrected chi connectivity index (χ2v) is 7.09. The molecule has 2 aromatic heterocycles. The third-order valence-corrected chi connectivity index (χ3v) is 3.42. The SMILES string of the molecule is CCCC(=O)c1cc(C(C)N)on1.Cc1cnc(C(C)(C)C)nc1N. The van der Waals surface area contributed by atoms with Gasteiger partial charge in [0.1, 0.15) is 17.3 Å². The molecule has 138 valence electrons. The van der Waals surface area contributed by atoms with Crippen molar-refractivity contribution < 1.29 is 9.32 Å². The second-order valence-electron chi connectivity index (χ2n) is 7.09. The molecule has 0 aromatic carbocycles. The lowest BCUT2D eigenvalue weighted by Gasteiger charge is -2.16. The molecule has 0 saturated heterocycles. The number of nitrogens with zero attached hydrogens (tertiary/aromatic N) is 3. The van der Waals surface area contributed by atoms with Gasteiger partial charge in [0.25, 0.3) is 0 Å². The molecule has 1 unspecified atom stereocenters. The molecule has 0 spiro atoms. The number of nitrogens with two attached hydrogens (primary N) is 2. The van der Waals surface area contributed by atoms with E-state index in [4.69, 9.17) is 16.0 Å². The molecule has 2 heterocycles. The van der Waals surface area contributed by atoms with Gasteiger partial charge in [0.2, 0.25) is 0 Å². The average molecular weight is 347 g/mol. The van der Waals surface area contributed by atoms with Gasteiger partial charge < -0.3 is 16.0 Å². The zero-order chi connectivity index (χ0) is 19.2. The van der Waals surface area contributed by atoms with Crippen molar-refractivity contribution >= 4 is 11.6 Å². The number of carbonyl (C=O) groups is 1. The predicted octanol–water partition coefficient (Wildman–Crippen LogP) is 3.34. The minimum absolute atomic E-state index is 0.0122. The van der Waals surface area contributed by atoms with Crippen LogP contribution in [0.3, 0.4) is 0 Å².